The second kappa shape index (κ2) is 8.46. The van der Waals surface area contributed by atoms with E-state index in [0.717, 1.165) is 30.4 Å². The Hall–Kier alpha value is -2.89. The van der Waals surface area contributed by atoms with E-state index in [1.165, 1.54) is 12.1 Å². The Balaban J connectivity index is 1.38. The predicted octanol–water partition coefficient (Wildman–Crippen LogP) is 4.28. The molecule has 2 aromatic carbocycles. The Morgan fingerprint density at radius 1 is 1.17 bits per heavy atom. The highest BCUT2D eigenvalue weighted by Crippen LogP contribution is 2.44. The van der Waals surface area contributed by atoms with Crippen molar-refractivity contribution in [2.75, 3.05) is 0 Å². The molecule has 2 fully saturated rings. The van der Waals surface area contributed by atoms with Crippen molar-refractivity contribution in [3.05, 3.63) is 71.5 Å². The molecule has 5 nitrogen and oxygen atoms in total. The zero-order valence-corrected chi connectivity index (χ0v) is 17.1. The molecule has 1 heterocycles. The first-order valence-electron chi connectivity index (χ1n) is 10.5. The molecule has 1 aliphatic carbocycles. The number of benzene rings is 2. The fourth-order valence-electron chi connectivity index (χ4n) is 4.86. The van der Waals surface area contributed by atoms with Crippen LogP contribution in [-0.4, -0.2) is 23.6 Å². The molecule has 1 saturated carbocycles. The van der Waals surface area contributed by atoms with E-state index in [9.17, 15) is 14.0 Å². The van der Waals surface area contributed by atoms with Crippen LogP contribution in [0, 0.1) is 11.7 Å². The maximum Gasteiger partial charge on any atom is 0.408 e. The molecular formula is C24H27FN2O3. The van der Waals surface area contributed by atoms with Crippen molar-refractivity contribution in [3.8, 4) is 0 Å². The summed E-state index contributed by atoms with van der Waals surface area (Å²) in [5.41, 5.74) is 0.991. The minimum absolute atomic E-state index is 0.0329. The van der Waals surface area contributed by atoms with Gasteiger partial charge in [-0.1, -0.05) is 48.9 Å². The summed E-state index contributed by atoms with van der Waals surface area (Å²) in [5.74, 6) is 0.119. The largest absolute Gasteiger partial charge is 0.445 e. The Bertz CT molecular complexity index is 902. The van der Waals surface area contributed by atoms with Crippen LogP contribution in [0.1, 0.15) is 49.7 Å². The molecule has 2 unspecified atom stereocenters. The lowest BCUT2D eigenvalue weighted by atomic mass is 9.81. The van der Waals surface area contributed by atoms with E-state index in [1.807, 2.05) is 42.5 Å². The van der Waals surface area contributed by atoms with Crippen LogP contribution in [-0.2, 0) is 16.1 Å². The molecule has 2 N–H and O–H groups in total. The number of rotatable bonds is 5. The number of hydrogen-bond donors (Lipinski definition) is 2. The Morgan fingerprint density at radius 2 is 1.90 bits per heavy atom. The van der Waals surface area contributed by atoms with Gasteiger partial charge in [0.15, 0.2) is 0 Å². The standard InChI is InChI=1S/C24H27FN2O3/c1-24(27-23(29)30-15-16-6-3-2-4-7-16)14-21(26-22(24)28)20-9-5-8-19(20)17-10-12-18(25)13-11-17/h2-4,6-7,10-13,19-21H,5,8-9,14-15H2,1H3,(H,26,28)(H,27,29)/t19-,20?,21?,24+/m0/s1. The van der Waals surface area contributed by atoms with Gasteiger partial charge < -0.3 is 15.4 Å². The number of carbonyl (C=O) groups excluding carboxylic acids is 2. The highest BCUT2D eigenvalue weighted by molar-refractivity contribution is 5.91. The molecule has 4 atom stereocenters. The van der Waals surface area contributed by atoms with E-state index < -0.39 is 11.6 Å². The molecule has 30 heavy (non-hydrogen) atoms. The summed E-state index contributed by atoms with van der Waals surface area (Å²) in [6.07, 6.45) is 3.00. The Morgan fingerprint density at radius 3 is 2.63 bits per heavy atom. The molecule has 2 aromatic rings. The monoisotopic (exact) mass is 410 g/mol. The first-order chi connectivity index (χ1) is 14.4. The predicted molar refractivity (Wildman–Crippen MR) is 111 cm³/mol. The smallest absolute Gasteiger partial charge is 0.408 e. The summed E-state index contributed by atoms with van der Waals surface area (Å²) in [4.78, 5) is 25.0. The van der Waals surface area contributed by atoms with E-state index in [1.54, 1.807) is 6.92 Å². The third-order valence-electron chi connectivity index (χ3n) is 6.42. The van der Waals surface area contributed by atoms with Gasteiger partial charge in [-0.05, 0) is 61.3 Å². The molecule has 0 radical (unpaired) electrons. The molecule has 0 bridgehead atoms. The zero-order valence-electron chi connectivity index (χ0n) is 17.1. The van der Waals surface area contributed by atoms with Gasteiger partial charge in [0.2, 0.25) is 5.91 Å². The van der Waals surface area contributed by atoms with Crippen LogP contribution in [0.2, 0.25) is 0 Å². The Kier molecular flexibility index (Phi) is 5.75. The SMILES string of the molecule is C[C@@]1(NC(=O)OCc2ccccc2)CC(C2CCC[C@H]2c2ccc(F)cc2)NC1=O. The molecule has 4 rings (SSSR count). The lowest BCUT2D eigenvalue weighted by Crippen LogP contribution is -2.51. The van der Waals surface area contributed by atoms with Crippen LogP contribution < -0.4 is 10.6 Å². The molecule has 0 aromatic heterocycles. The number of carbonyl (C=O) groups is 2. The van der Waals surface area contributed by atoms with Gasteiger partial charge >= 0.3 is 6.09 Å². The summed E-state index contributed by atoms with van der Waals surface area (Å²) < 4.78 is 18.6. The number of alkyl carbamates (subject to hydrolysis) is 1. The van der Waals surface area contributed by atoms with Gasteiger partial charge in [-0.3, -0.25) is 4.79 Å². The molecule has 6 heteroatoms. The maximum absolute atomic E-state index is 13.3. The van der Waals surface area contributed by atoms with Gasteiger partial charge in [-0.25, -0.2) is 9.18 Å². The first kappa shape index (κ1) is 20.4. The van der Waals surface area contributed by atoms with Crippen molar-refractivity contribution in [1.29, 1.82) is 0 Å². The van der Waals surface area contributed by atoms with Crippen molar-refractivity contribution < 1.29 is 18.7 Å². The van der Waals surface area contributed by atoms with Gasteiger partial charge in [-0.15, -0.1) is 0 Å². The second-order valence-corrected chi connectivity index (χ2v) is 8.56. The minimum atomic E-state index is -1.01. The fourth-order valence-corrected chi connectivity index (χ4v) is 4.86. The molecule has 1 aliphatic heterocycles. The quantitative estimate of drug-likeness (QED) is 0.773. The second-order valence-electron chi connectivity index (χ2n) is 8.56. The van der Waals surface area contributed by atoms with Crippen molar-refractivity contribution in [3.63, 3.8) is 0 Å². The molecule has 1 saturated heterocycles. The number of hydrogen-bond acceptors (Lipinski definition) is 3. The summed E-state index contributed by atoms with van der Waals surface area (Å²) >= 11 is 0. The van der Waals surface area contributed by atoms with Crippen molar-refractivity contribution in [2.45, 2.75) is 56.7 Å². The lowest BCUT2D eigenvalue weighted by molar-refractivity contribution is -0.124. The van der Waals surface area contributed by atoms with Crippen LogP contribution >= 0.6 is 0 Å². The van der Waals surface area contributed by atoms with Gasteiger partial charge in [0, 0.05) is 6.04 Å². The Labute approximate surface area is 176 Å². The van der Waals surface area contributed by atoms with Crippen LogP contribution in [0.5, 0.6) is 0 Å². The normalized spacial score (nSPS) is 28.2. The van der Waals surface area contributed by atoms with Gasteiger partial charge in [0.25, 0.3) is 0 Å². The highest BCUT2D eigenvalue weighted by atomic mass is 19.1. The summed E-state index contributed by atoms with van der Waals surface area (Å²) in [6, 6.07) is 16.1. The van der Waals surface area contributed by atoms with E-state index in [2.05, 4.69) is 10.6 Å². The lowest BCUT2D eigenvalue weighted by Gasteiger charge is -2.27. The molecule has 0 spiro atoms. The van der Waals surface area contributed by atoms with Crippen molar-refractivity contribution in [2.24, 2.45) is 5.92 Å². The zero-order chi connectivity index (χ0) is 21.1. The highest BCUT2D eigenvalue weighted by Gasteiger charge is 2.49. The molecule has 2 aliphatic rings. The summed E-state index contributed by atoms with van der Waals surface area (Å²) in [5, 5.41) is 5.86. The van der Waals surface area contributed by atoms with Crippen LogP contribution in [0.25, 0.3) is 0 Å². The minimum Gasteiger partial charge on any atom is -0.445 e. The van der Waals surface area contributed by atoms with Crippen molar-refractivity contribution in [1.82, 2.24) is 10.6 Å². The maximum atomic E-state index is 13.3. The van der Waals surface area contributed by atoms with Crippen LogP contribution in [0.4, 0.5) is 9.18 Å². The van der Waals surface area contributed by atoms with Gasteiger partial charge in [0.1, 0.15) is 18.0 Å². The summed E-state index contributed by atoms with van der Waals surface area (Å²) in [7, 11) is 0. The van der Waals surface area contributed by atoms with Gasteiger partial charge in [-0.2, -0.15) is 0 Å². The van der Waals surface area contributed by atoms with Crippen molar-refractivity contribution >= 4 is 12.0 Å². The van der Waals surface area contributed by atoms with E-state index in [4.69, 9.17) is 4.74 Å². The number of amides is 2. The molecule has 158 valence electrons. The average molecular weight is 410 g/mol. The topological polar surface area (TPSA) is 67.4 Å². The van der Waals surface area contributed by atoms with E-state index in [0.29, 0.717) is 6.42 Å². The number of ether oxygens (including phenoxy) is 1. The average Bonchev–Trinajstić information content (AvgIpc) is 3.33. The fraction of sp³-hybridized carbons (Fsp3) is 0.417. The number of nitrogens with one attached hydrogen (secondary N) is 2. The first-order valence-corrected chi connectivity index (χ1v) is 10.5. The third kappa shape index (κ3) is 4.32. The van der Waals surface area contributed by atoms with Crippen LogP contribution in [0.15, 0.2) is 54.6 Å². The van der Waals surface area contributed by atoms with Crippen LogP contribution in [0.3, 0.4) is 0 Å². The number of halogens is 1. The molecular weight excluding hydrogens is 383 g/mol. The third-order valence-corrected chi connectivity index (χ3v) is 6.42. The summed E-state index contributed by atoms with van der Waals surface area (Å²) in [6.45, 7) is 1.90. The molecule has 2 amide bonds. The van der Waals surface area contributed by atoms with E-state index >= 15 is 0 Å². The van der Waals surface area contributed by atoms with E-state index in [-0.39, 0.29) is 36.2 Å². The van der Waals surface area contributed by atoms with Gasteiger partial charge in [0.05, 0.1) is 0 Å².